The first-order chi connectivity index (χ1) is 15.7. The van der Waals surface area contributed by atoms with Crippen LogP contribution in [0.3, 0.4) is 0 Å². The summed E-state index contributed by atoms with van der Waals surface area (Å²) in [4.78, 5) is 1.48. The lowest BCUT2D eigenvalue weighted by Gasteiger charge is -2.25. The number of aromatic amines is 1. The maximum Gasteiger partial charge on any atom is 0.244 e. The van der Waals surface area contributed by atoms with Gasteiger partial charge in [0.25, 0.3) is 0 Å². The molecule has 2 aliphatic rings. The van der Waals surface area contributed by atoms with Gasteiger partial charge in [0.2, 0.25) is 11.8 Å². The molecule has 2 aliphatic heterocycles. The van der Waals surface area contributed by atoms with Crippen LogP contribution in [0.5, 0.6) is 17.4 Å². The van der Waals surface area contributed by atoms with Crippen LogP contribution >= 0.6 is 0 Å². The molecule has 0 radical (unpaired) electrons. The lowest BCUT2D eigenvalue weighted by atomic mass is 9.83. The van der Waals surface area contributed by atoms with Gasteiger partial charge in [-0.1, -0.05) is 19.4 Å². The normalized spacial score (nSPS) is 18.6. The Bertz CT molecular complexity index is 1020. The fourth-order valence-corrected chi connectivity index (χ4v) is 4.28. The van der Waals surface area contributed by atoms with Crippen LogP contribution in [0.25, 0.3) is 0 Å². The van der Waals surface area contributed by atoms with E-state index in [1.165, 1.54) is 4.90 Å². The van der Waals surface area contributed by atoms with E-state index in [0.29, 0.717) is 29.6 Å². The number of nitriles is 1. The van der Waals surface area contributed by atoms with Crippen LogP contribution in [-0.4, -0.2) is 56.8 Å². The van der Waals surface area contributed by atoms with Crippen LogP contribution in [0.4, 0.5) is 0 Å². The fraction of sp³-hybridized carbons (Fsp3) is 0.478. The van der Waals surface area contributed by atoms with Gasteiger partial charge in [-0.15, -0.1) is 5.10 Å². The second kappa shape index (κ2) is 9.94. The summed E-state index contributed by atoms with van der Waals surface area (Å²) >= 11 is 0. The van der Waals surface area contributed by atoms with Crippen molar-refractivity contribution in [3.05, 3.63) is 46.5 Å². The van der Waals surface area contributed by atoms with Gasteiger partial charge >= 0.3 is 0 Å². The van der Waals surface area contributed by atoms with E-state index in [1.807, 2.05) is 18.2 Å². The van der Waals surface area contributed by atoms with E-state index in [-0.39, 0.29) is 11.8 Å². The molecule has 1 atom stereocenters. The molecule has 0 amide bonds. The minimum absolute atomic E-state index is 0.0762. The number of nitrogens with zero attached hydrogens (tertiary/aromatic N) is 2. The van der Waals surface area contributed by atoms with Crippen molar-refractivity contribution < 1.29 is 23.8 Å². The third kappa shape index (κ3) is 4.38. The number of aromatic nitrogens is 2. The van der Waals surface area contributed by atoms with E-state index in [2.05, 4.69) is 23.2 Å². The number of aryl methyl sites for hydroxylation is 1. The molecule has 3 heterocycles. The highest BCUT2D eigenvalue weighted by molar-refractivity contribution is 5.57. The zero-order chi connectivity index (χ0) is 22.5. The Balaban J connectivity index is 1.60. The minimum Gasteiger partial charge on any atom is -0.493 e. The molecule has 1 fully saturated rings. The number of allylic oxidation sites excluding steroid dienone is 1. The Labute approximate surface area is 187 Å². The van der Waals surface area contributed by atoms with Gasteiger partial charge in [-0.3, -0.25) is 5.10 Å². The predicted molar refractivity (Wildman–Crippen MR) is 117 cm³/mol. The number of benzene rings is 1. The van der Waals surface area contributed by atoms with Gasteiger partial charge in [-0.25, -0.2) is 0 Å². The molecule has 4 N–H and O–H groups in total. The SMILES string of the molecule is CCCc1[nH]nc2c1[C@H](c1ccc(OCC[NH+]3CCOCC3)c(OC)c1)C(C#N)=C(N)O2. The highest BCUT2D eigenvalue weighted by Gasteiger charge is 2.35. The van der Waals surface area contributed by atoms with Crippen molar-refractivity contribution in [2.24, 2.45) is 5.73 Å². The van der Waals surface area contributed by atoms with Crippen molar-refractivity contribution in [1.29, 1.82) is 5.26 Å². The Hall–Kier alpha value is -3.22. The van der Waals surface area contributed by atoms with E-state index in [1.54, 1.807) is 7.11 Å². The van der Waals surface area contributed by atoms with Crippen LogP contribution < -0.4 is 24.8 Å². The number of fused-ring (bicyclic) bond motifs is 1. The summed E-state index contributed by atoms with van der Waals surface area (Å²) in [6.45, 7) is 7.19. The number of methoxy groups -OCH3 is 1. The second-order valence-electron chi connectivity index (χ2n) is 7.97. The van der Waals surface area contributed by atoms with Crippen LogP contribution in [0.15, 0.2) is 29.7 Å². The Morgan fingerprint density at radius 1 is 1.31 bits per heavy atom. The molecule has 9 heteroatoms. The first-order valence-electron chi connectivity index (χ1n) is 11.0. The first-order valence-corrected chi connectivity index (χ1v) is 11.0. The molecular weight excluding hydrogens is 410 g/mol. The molecule has 2 aromatic rings. The van der Waals surface area contributed by atoms with Crippen LogP contribution in [0.1, 0.15) is 36.1 Å². The van der Waals surface area contributed by atoms with Crippen LogP contribution in [0, 0.1) is 11.3 Å². The minimum atomic E-state index is -0.384. The molecule has 0 saturated carbocycles. The summed E-state index contributed by atoms with van der Waals surface area (Å²) in [6, 6.07) is 7.98. The van der Waals surface area contributed by atoms with E-state index in [9.17, 15) is 5.26 Å². The van der Waals surface area contributed by atoms with Crippen LogP contribution in [-0.2, 0) is 11.2 Å². The van der Waals surface area contributed by atoms with Gasteiger partial charge in [-0.05, 0) is 24.1 Å². The average molecular weight is 441 g/mol. The quantitative estimate of drug-likeness (QED) is 0.557. The first kappa shape index (κ1) is 22.0. The molecule has 170 valence electrons. The summed E-state index contributed by atoms with van der Waals surface area (Å²) in [6.07, 6.45) is 1.73. The summed E-state index contributed by atoms with van der Waals surface area (Å²) < 4.78 is 22.7. The van der Waals surface area contributed by atoms with Crippen molar-refractivity contribution in [1.82, 2.24) is 10.2 Å². The highest BCUT2D eigenvalue weighted by Crippen LogP contribution is 2.44. The van der Waals surface area contributed by atoms with Crippen molar-refractivity contribution in [3.8, 4) is 23.4 Å². The number of quaternary nitrogens is 1. The van der Waals surface area contributed by atoms with E-state index >= 15 is 0 Å². The Kier molecular flexibility index (Phi) is 6.83. The largest absolute Gasteiger partial charge is 0.493 e. The smallest absolute Gasteiger partial charge is 0.244 e. The van der Waals surface area contributed by atoms with Gasteiger partial charge in [0.05, 0.1) is 26.2 Å². The molecule has 0 unspecified atom stereocenters. The maximum absolute atomic E-state index is 9.83. The van der Waals surface area contributed by atoms with Crippen molar-refractivity contribution in [2.45, 2.75) is 25.7 Å². The molecule has 1 aromatic heterocycles. The number of H-pyrrole nitrogens is 1. The number of hydrogen-bond acceptors (Lipinski definition) is 7. The lowest BCUT2D eigenvalue weighted by molar-refractivity contribution is -0.908. The van der Waals surface area contributed by atoms with E-state index in [0.717, 1.165) is 62.5 Å². The summed E-state index contributed by atoms with van der Waals surface area (Å²) in [5.74, 6) is 1.40. The van der Waals surface area contributed by atoms with Crippen molar-refractivity contribution >= 4 is 0 Å². The second-order valence-corrected chi connectivity index (χ2v) is 7.97. The standard InChI is InChI=1S/C23H29N5O4/c1-3-4-17-21-20(16(14-24)22(25)32-23(21)27-26-17)15-5-6-18(19(13-15)29-2)31-12-9-28-7-10-30-11-8-28/h5-6,13,20H,3-4,7-12,25H2,1-2H3,(H,26,27)/p+1/t20-/m1/s1. The third-order valence-corrected chi connectivity index (χ3v) is 5.95. The molecule has 0 bridgehead atoms. The number of nitrogens with one attached hydrogen (secondary N) is 2. The summed E-state index contributed by atoms with van der Waals surface area (Å²) in [7, 11) is 1.62. The monoisotopic (exact) mass is 440 g/mol. The van der Waals surface area contributed by atoms with Crippen LogP contribution in [0.2, 0.25) is 0 Å². The van der Waals surface area contributed by atoms with Gasteiger partial charge in [0.15, 0.2) is 11.5 Å². The van der Waals surface area contributed by atoms with E-state index < -0.39 is 0 Å². The fourth-order valence-electron chi connectivity index (χ4n) is 4.28. The molecule has 9 nitrogen and oxygen atoms in total. The number of ether oxygens (including phenoxy) is 4. The van der Waals surface area contributed by atoms with Gasteiger partial charge < -0.3 is 29.6 Å². The van der Waals surface area contributed by atoms with Crippen molar-refractivity contribution in [2.75, 3.05) is 46.6 Å². The molecule has 1 saturated heterocycles. The highest BCUT2D eigenvalue weighted by atomic mass is 16.5. The third-order valence-electron chi connectivity index (χ3n) is 5.95. The zero-order valence-corrected chi connectivity index (χ0v) is 18.6. The van der Waals surface area contributed by atoms with Crippen molar-refractivity contribution in [3.63, 3.8) is 0 Å². The molecule has 0 aliphatic carbocycles. The zero-order valence-electron chi connectivity index (χ0n) is 18.6. The van der Waals surface area contributed by atoms with Gasteiger partial charge in [0.1, 0.15) is 37.9 Å². The number of rotatable bonds is 8. The molecular formula is C23H30N5O4+. The maximum atomic E-state index is 9.83. The Morgan fingerprint density at radius 2 is 2.12 bits per heavy atom. The van der Waals surface area contributed by atoms with E-state index in [4.69, 9.17) is 24.7 Å². The van der Waals surface area contributed by atoms with Gasteiger partial charge in [0, 0.05) is 11.3 Å². The molecule has 32 heavy (non-hydrogen) atoms. The Morgan fingerprint density at radius 3 is 2.84 bits per heavy atom. The van der Waals surface area contributed by atoms with Gasteiger partial charge in [-0.2, -0.15) is 5.26 Å². The molecule has 1 aromatic carbocycles. The summed E-state index contributed by atoms with van der Waals surface area (Å²) in [5, 5.41) is 17.2. The average Bonchev–Trinajstić information content (AvgIpc) is 3.21. The molecule has 4 rings (SSSR count). The predicted octanol–water partition coefficient (Wildman–Crippen LogP) is 0.883. The number of hydrogen-bond donors (Lipinski definition) is 3. The topological polar surface area (TPSA) is 120 Å². The number of nitrogens with two attached hydrogens (primary N) is 1. The number of morpholine rings is 1. The molecule has 0 spiro atoms. The lowest BCUT2D eigenvalue weighted by Crippen LogP contribution is -3.14. The summed E-state index contributed by atoms with van der Waals surface area (Å²) in [5.41, 5.74) is 9.10.